The average Bonchev–Trinajstić information content (AvgIpc) is 2.96. The van der Waals surface area contributed by atoms with E-state index < -0.39 is 0 Å². The van der Waals surface area contributed by atoms with Gasteiger partial charge in [0.25, 0.3) is 0 Å². The van der Waals surface area contributed by atoms with Crippen LogP contribution in [0, 0.1) is 0 Å². The van der Waals surface area contributed by atoms with Crippen LogP contribution in [-0.2, 0) is 9.47 Å². The topological polar surface area (TPSA) is 24.9 Å². The second-order valence-corrected chi connectivity index (χ2v) is 4.91. The number of benzene rings is 1. The molecule has 1 aromatic carbocycles. The number of hydrogen-bond donors (Lipinski definition) is 0. The summed E-state index contributed by atoms with van der Waals surface area (Å²) < 4.78 is 11.0. The van der Waals surface area contributed by atoms with E-state index in [1.807, 2.05) is 13.0 Å². The molecule has 2 saturated heterocycles. The highest BCUT2D eigenvalue weighted by atomic mass is 16.5. The summed E-state index contributed by atoms with van der Waals surface area (Å²) in [6, 6.07) is 8.54. The predicted molar refractivity (Wildman–Crippen MR) is 80.8 cm³/mol. The Kier molecular flexibility index (Phi) is 3.65. The molecular weight excluding hydrogens is 252 g/mol. The monoisotopic (exact) mass is 272 g/mol. The van der Waals surface area contributed by atoms with E-state index in [4.69, 9.17) is 9.47 Å². The van der Waals surface area contributed by atoms with E-state index in [9.17, 15) is 0 Å². The highest BCUT2D eigenvalue weighted by molar-refractivity contribution is 5.61. The fourth-order valence-electron chi connectivity index (χ4n) is 2.63. The van der Waals surface area contributed by atoms with E-state index >= 15 is 0 Å². The maximum atomic E-state index is 5.58. The third-order valence-electron chi connectivity index (χ3n) is 3.66. The second kappa shape index (κ2) is 5.59. The van der Waals surface area contributed by atoms with Crippen molar-refractivity contribution in [2.24, 2.45) is 0 Å². The number of ether oxygens (including phenoxy) is 2. The van der Waals surface area contributed by atoms with Gasteiger partial charge in [-0.1, -0.05) is 6.58 Å². The van der Waals surface area contributed by atoms with Gasteiger partial charge in [-0.2, -0.15) is 0 Å². The van der Waals surface area contributed by atoms with Crippen molar-refractivity contribution in [1.29, 1.82) is 0 Å². The lowest BCUT2D eigenvalue weighted by Gasteiger charge is -2.31. The summed E-state index contributed by atoms with van der Waals surface area (Å²) >= 11 is 0. The van der Waals surface area contributed by atoms with Crippen LogP contribution in [0.2, 0.25) is 0 Å². The molecule has 0 N–H and O–H groups in total. The standard InChI is InChI=1S/C16H20N2O2/c1-3-16-18(9-11-20-16)15-6-4-14(5-7-15)17-8-10-19-12-13(17)2/h3-7H,2,8-12H2,1H3. The van der Waals surface area contributed by atoms with Gasteiger partial charge in [0.15, 0.2) is 5.88 Å². The van der Waals surface area contributed by atoms with Gasteiger partial charge in [0.1, 0.15) is 6.61 Å². The molecule has 2 heterocycles. The van der Waals surface area contributed by atoms with Gasteiger partial charge in [0.2, 0.25) is 0 Å². The number of anilines is 2. The fraction of sp³-hybridized carbons (Fsp3) is 0.375. The Morgan fingerprint density at radius 3 is 2.35 bits per heavy atom. The SMILES string of the molecule is C=C1COCCN1c1ccc(N2CCOC2=CC)cc1. The van der Waals surface area contributed by atoms with Crippen LogP contribution in [0.4, 0.5) is 11.4 Å². The van der Waals surface area contributed by atoms with Crippen molar-refractivity contribution >= 4 is 11.4 Å². The maximum Gasteiger partial charge on any atom is 0.189 e. The quantitative estimate of drug-likeness (QED) is 0.826. The van der Waals surface area contributed by atoms with Crippen LogP contribution < -0.4 is 9.80 Å². The Morgan fingerprint density at radius 2 is 1.70 bits per heavy atom. The first-order valence-corrected chi connectivity index (χ1v) is 6.99. The molecule has 0 radical (unpaired) electrons. The zero-order valence-corrected chi connectivity index (χ0v) is 11.8. The number of rotatable bonds is 2. The summed E-state index contributed by atoms with van der Waals surface area (Å²) in [6.45, 7) is 9.95. The van der Waals surface area contributed by atoms with Gasteiger partial charge >= 0.3 is 0 Å². The molecule has 0 atom stereocenters. The molecule has 20 heavy (non-hydrogen) atoms. The van der Waals surface area contributed by atoms with Crippen LogP contribution in [-0.4, -0.2) is 32.9 Å². The van der Waals surface area contributed by atoms with E-state index in [0.29, 0.717) is 6.61 Å². The van der Waals surface area contributed by atoms with E-state index in [2.05, 4.69) is 40.6 Å². The van der Waals surface area contributed by atoms with Crippen molar-refractivity contribution in [3.05, 3.63) is 48.5 Å². The first kappa shape index (κ1) is 13.1. The minimum Gasteiger partial charge on any atom is -0.477 e. The first-order valence-electron chi connectivity index (χ1n) is 6.99. The highest BCUT2D eigenvalue weighted by Gasteiger charge is 2.20. The summed E-state index contributed by atoms with van der Waals surface area (Å²) in [5.74, 6) is 0.938. The molecule has 4 heteroatoms. The lowest BCUT2D eigenvalue weighted by Crippen LogP contribution is -2.33. The summed E-state index contributed by atoms with van der Waals surface area (Å²) in [7, 11) is 0. The Balaban J connectivity index is 1.79. The van der Waals surface area contributed by atoms with E-state index in [1.54, 1.807) is 0 Å². The van der Waals surface area contributed by atoms with Crippen LogP contribution >= 0.6 is 0 Å². The van der Waals surface area contributed by atoms with Crippen LogP contribution in [0.25, 0.3) is 0 Å². The van der Waals surface area contributed by atoms with Crippen LogP contribution in [0.3, 0.4) is 0 Å². The van der Waals surface area contributed by atoms with Gasteiger partial charge in [0.05, 0.1) is 19.8 Å². The van der Waals surface area contributed by atoms with Gasteiger partial charge in [0, 0.05) is 23.6 Å². The number of allylic oxidation sites excluding steroid dienone is 1. The fourth-order valence-corrected chi connectivity index (χ4v) is 2.63. The highest BCUT2D eigenvalue weighted by Crippen LogP contribution is 2.28. The van der Waals surface area contributed by atoms with Gasteiger partial charge in [-0.05, 0) is 37.3 Å². The molecule has 0 saturated carbocycles. The smallest absolute Gasteiger partial charge is 0.189 e. The summed E-state index contributed by atoms with van der Waals surface area (Å²) in [4.78, 5) is 4.41. The van der Waals surface area contributed by atoms with E-state index in [0.717, 1.165) is 37.9 Å². The second-order valence-electron chi connectivity index (χ2n) is 4.91. The zero-order chi connectivity index (χ0) is 13.9. The van der Waals surface area contributed by atoms with E-state index in [-0.39, 0.29) is 0 Å². The molecule has 0 bridgehead atoms. The van der Waals surface area contributed by atoms with Crippen LogP contribution in [0.15, 0.2) is 48.5 Å². The van der Waals surface area contributed by atoms with E-state index in [1.165, 1.54) is 11.4 Å². The summed E-state index contributed by atoms with van der Waals surface area (Å²) in [5, 5.41) is 0. The molecule has 4 nitrogen and oxygen atoms in total. The van der Waals surface area contributed by atoms with Gasteiger partial charge < -0.3 is 19.3 Å². The lowest BCUT2D eigenvalue weighted by molar-refractivity contribution is 0.143. The predicted octanol–water partition coefficient (Wildman–Crippen LogP) is 2.73. The molecule has 2 aliphatic heterocycles. The molecule has 3 rings (SSSR count). The molecule has 0 unspecified atom stereocenters. The number of nitrogens with zero attached hydrogens (tertiary/aromatic N) is 2. The number of morpholine rings is 1. The molecule has 2 aliphatic rings. The van der Waals surface area contributed by atoms with Crippen molar-refractivity contribution in [2.45, 2.75) is 6.92 Å². The largest absolute Gasteiger partial charge is 0.477 e. The summed E-state index contributed by atoms with van der Waals surface area (Å²) in [6.07, 6.45) is 2.00. The molecule has 106 valence electrons. The third kappa shape index (κ3) is 2.39. The molecule has 0 spiro atoms. The molecule has 1 aromatic rings. The van der Waals surface area contributed by atoms with Crippen molar-refractivity contribution in [2.75, 3.05) is 42.7 Å². The van der Waals surface area contributed by atoms with Gasteiger partial charge in [-0.15, -0.1) is 0 Å². The van der Waals surface area contributed by atoms with Gasteiger partial charge in [-0.3, -0.25) is 0 Å². The first-order chi connectivity index (χ1) is 9.79. The molecular formula is C16H20N2O2. The molecule has 0 aromatic heterocycles. The molecule has 2 fully saturated rings. The van der Waals surface area contributed by atoms with Crippen molar-refractivity contribution in [3.8, 4) is 0 Å². The maximum absolute atomic E-state index is 5.58. The Hall–Kier alpha value is -1.94. The van der Waals surface area contributed by atoms with Crippen LogP contribution in [0.5, 0.6) is 0 Å². The van der Waals surface area contributed by atoms with Crippen LogP contribution in [0.1, 0.15) is 6.92 Å². The average molecular weight is 272 g/mol. The van der Waals surface area contributed by atoms with Crippen molar-refractivity contribution in [3.63, 3.8) is 0 Å². The van der Waals surface area contributed by atoms with Crippen molar-refractivity contribution in [1.82, 2.24) is 0 Å². The third-order valence-corrected chi connectivity index (χ3v) is 3.66. The Labute approximate surface area is 119 Å². The molecule has 0 amide bonds. The zero-order valence-electron chi connectivity index (χ0n) is 11.8. The Bertz CT molecular complexity index is 522. The molecule has 0 aliphatic carbocycles. The Morgan fingerprint density at radius 1 is 1.05 bits per heavy atom. The normalized spacial score (nSPS) is 21.4. The minimum absolute atomic E-state index is 0.616. The number of hydrogen-bond acceptors (Lipinski definition) is 4. The van der Waals surface area contributed by atoms with Crippen molar-refractivity contribution < 1.29 is 9.47 Å². The summed E-state index contributed by atoms with van der Waals surface area (Å²) in [5.41, 5.74) is 3.35. The lowest BCUT2D eigenvalue weighted by atomic mass is 10.2. The minimum atomic E-state index is 0.616. The van der Waals surface area contributed by atoms with Gasteiger partial charge in [-0.25, -0.2) is 0 Å².